The molecule has 0 aliphatic heterocycles. The van der Waals surface area contributed by atoms with Gasteiger partial charge >= 0.3 is 0 Å². The van der Waals surface area contributed by atoms with Crippen molar-refractivity contribution in [1.29, 1.82) is 0 Å². The van der Waals surface area contributed by atoms with Gasteiger partial charge in [0.25, 0.3) is 0 Å². The molecule has 0 saturated heterocycles. The van der Waals surface area contributed by atoms with Gasteiger partial charge in [-0.05, 0) is 0 Å². The van der Waals surface area contributed by atoms with Crippen molar-refractivity contribution in [1.82, 2.24) is 0 Å². The van der Waals surface area contributed by atoms with Crippen LogP contribution in [0.2, 0.25) is 0 Å². The Labute approximate surface area is 1260 Å². The predicted molar refractivity (Wildman–Crippen MR) is 0 cm³/mol. The molecular weight excluding hydrogens is 5400 g/mol. The van der Waals surface area contributed by atoms with Crippen LogP contribution in [-0.4, -0.2) is 0 Å². The topological polar surface area (TPSA) is 0 Å². The third kappa shape index (κ3) is 367. The van der Waals surface area contributed by atoms with E-state index in [1.54, 1.807) is 0 Å². The van der Waals surface area contributed by atoms with Crippen LogP contribution < -0.4 is 0 Å². The summed E-state index contributed by atoms with van der Waals surface area (Å²) in [6.07, 6.45) is 0. The maximum Gasteiger partial charge on any atom is 0 e. The van der Waals surface area contributed by atoms with E-state index in [0.29, 0.717) is 0 Å². The van der Waals surface area contributed by atoms with E-state index in [1.165, 1.54) is 0 Å². The summed E-state index contributed by atoms with van der Waals surface area (Å²) < 4.78 is 0. The molecule has 0 aliphatic carbocycles. The van der Waals surface area contributed by atoms with Crippen LogP contribution in [0.3, 0.4) is 0 Å². The van der Waals surface area contributed by atoms with Crippen molar-refractivity contribution in [3.8, 4) is 0 Å². The third-order valence-electron chi connectivity index (χ3n) is 0. The maximum absolute atomic E-state index is 0. The van der Waals surface area contributed by atoms with E-state index in [1.807, 2.05) is 0 Å². The van der Waals surface area contributed by atoms with Gasteiger partial charge in [0, 0.05) is 1310 Å². The largest absolute Gasteiger partial charge is 0 e. The Bertz CT molecular complexity index is 0. The molecule has 0 N–H and O–H groups in total. The standard InChI is InChI=1S/48Cd. The van der Waals surface area contributed by atoms with Crippen LogP contribution in [-0.2, 0) is 1310 Å². The van der Waals surface area contributed by atoms with E-state index in [-0.39, 0.29) is 1310 Å². The fourth-order valence-electron chi connectivity index (χ4n) is 0. The van der Waals surface area contributed by atoms with E-state index < -0.39 is 0 Å². The van der Waals surface area contributed by atoms with Crippen molar-refractivity contribution >= 4 is 0 Å². The Hall–Kier alpha value is 44.3. The van der Waals surface area contributed by atoms with Crippen molar-refractivity contribution in [2.45, 2.75) is 0 Å². The van der Waals surface area contributed by atoms with Gasteiger partial charge < -0.3 is 0 Å². The fraction of sp³-hybridized carbons (Fsp3) is 0. The smallest absolute Gasteiger partial charge is 0 e. The Morgan fingerprint density at radius 1 is 0.0208 bits per heavy atom. The monoisotopic (exact) mass is 5470 g/mol. The van der Waals surface area contributed by atoms with Gasteiger partial charge in [0.1, 0.15) is 0 Å². The van der Waals surface area contributed by atoms with E-state index >= 15 is 0 Å². The first-order valence-electron chi connectivity index (χ1n) is 0. The number of hydrogen-bond acceptors (Lipinski definition) is 0. The number of hydrogen-bond donors (Lipinski definition) is 0. The first-order valence-corrected chi connectivity index (χ1v) is 0. The molecule has 96 valence electrons. The molecule has 0 atom stereocenters. The molecule has 0 rings (SSSR count). The van der Waals surface area contributed by atoms with Crippen LogP contribution in [0.15, 0.2) is 0 Å². The minimum atomic E-state index is 0. The minimum absolute atomic E-state index is 0. The van der Waals surface area contributed by atoms with Crippen LogP contribution in [0.1, 0.15) is 0 Å². The zero-order chi connectivity index (χ0) is 0. The Kier molecular flexibility index (Phi) is 3100. The Morgan fingerprint density at radius 3 is 0.0208 bits per heavy atom. The second-order valence-corrected chi connectivity index (χ2v) is 0. The van der Waals surface area contributed by atoms with Gasteiger partial charge in [0.05, 0.1) is 0 Å². The summed E-state index contributed by atoms with van der Waals surface area (Å²) in [5, 5.41) is 0. The molecule has 0 nitrogen and oxygen atoms in total. The molecule has 0 spiro atoms. The first kappa shape index (κ1) is 392. The zero-order valence-electron chi connectivity index (χ0n) is 33.9. The molecule has 0 fully saturated rings. The molecule has 0 aromatic rings. The predicted octanol–water partition coefficient (Wildman–Crippen LogP) is -0.120. The van der Waals surface area contributed by atoms with Crippen molar-refractivity contribution < 1.29 is 1310 Å². The second kappa shape index (κ2) is 380. The summed E-state index contributed by atoms with van der Waals surface area (Å²) in [5.41, 5.74) is 0. The van der Waals surface area contributed by atoms with Gasteiger partial charge in [-0.3, -0.25) is 0 Å². The van der Waals surface area contributed by atoms with Crippen molar-refractivity contribution in [3.63, 3.8) is 0 Å². The molecule has 0 saturated carbocycles. The molecule has 0 radical (unpaired) electrons. The molecule has 0 aliphatic rings. The van der Waals surface area contributed by atoms with Gasteiger partial charge in [-0.25, -0.2) is 0 Å². The van der Waals surface area contributed by atoms with E-state index in [2.05, 4.69) is 0 Å². The van der Waals surface area contributed by atoms with Gasteiger partial charge in [-0.1, -0.05) is 0 Å². The summed E-state index contributed by atoms with van der Waals surface area (Å²) in [6, 6.07) is 0. The van der Waals surface area contributed by atoms with E-state index in [0.717, 1.165) is 0 Å². The molecule has 0 amide bonds. The fourth-order valence-corrected chi connectivity index (χ4v) is 0. The van der Waals surface area contributed by atoms with Crippen LogP contribution in [0.4, 0.5) is 0 Å². The quantitative estimate of drug-likeness (QED) is 0.298. The normalized spacial score (nSPS) is 0. The maximum atomic E-state index is 0. The number of rotatable bonds is 0. The van der Waals surface area contributed by atoms with Crippen molar-refractivity contribution in [2.75, 3.05) is 0 Å². The van der Waals surface area contributed by atoms with Gasteiger partial charge in [-0.15, -0.1) is 0 Å². The molecule has 0 aromatic carbocycles. The second-order valence-electron chi connectivity index (χ2n) is 0. The van der Waals surface area contributed by atoms with Crippen molar-refractivity contribution in [3.05, 3.63) is 0 Å². The molecule has 0 heterocycles. The molecule has 0 aromatic heterocycles. The van der Waals surface area contributed by atoms with Crippen LogP contribution >= 0.6 is 0 Å². The Morgan fingerprint density at radius 2 is 0.0208 bits per heavy atom. The average Bonchev–Trinajstić information content (AvgIpc) is 0. The molecule has 0 bridgehead atoms. The van der Waals surface area contributed by atoms with E-state index in [9.17, 15) is 0 Å². The summed E-state index contributed by atoms with van der Waals surface area (Å²) in [7, 11) is 0. The van der Waals surface area contributed by atoms with Crippen LogP contribution in [0.25, 0.3) is 0 Å². The van der Waals surface area contributed by atoms with Gasteiger partial charge in [0.15, 0.2) is 0 Å². The van der Waals surface area contributed by atoms with Gasteiger partial charge in [-0.2, -0.15) is 0 Å². The van der Waals surface area contributed by atoms with Crippen molar-refractivity contribution in [2.24, 2.45) is 0 Å². The third-order valence-corrected chi connectivity index (χ3v) is 0. The average molecular weight is 5400 g/mol. The Balaban J connectivity index is 0. The minimum Gasteiger partial charge on any atom is 0 e. The zero-order valence-corrected chi connectivity index (χ0v) is 228. The molecule has 0 unspecified atom stereocenters. The SMILES string of the molecule is [Cd].[Cd].[Cd].[Cd].[Cd].[Cd].[Cd].[Cd].[Cd].[Cd].[Cd].[Cd].[Cd].[Cd].[Cd].[Cd].[Cd].[Cd].[Cd].[Cd].[Cd].[Cd].[Cd].[Cd].[Cd].[Cd].[Cd].[Cd].[Cd].[Cd].[Cd].[Cd].[Cd].[Cd].[Cd].[Cd].[Cd].[Cd].[Cd].[Cd].[Cd].[Cd].[Cd].[Cd].[Cd].[Cd].[Cd].[Cd]. The first-order chi connectivity index (χ1) is 0. The summed E-state index contributed by atoms with van der Waals surface area (Å²) in [4.78, 5) is 0. The summed E-state index contributed by atoms with van der Waals surface area (Å²) >= 11 is 0. The van der Waals surface area contributed by atoms with Crippen LogP contribution in [0, 0.1) is 0 Å². The summed E-state index contributed by atoms with van der Waals surface area (Å²) in [5.74, 6) is 0. The molecule has 48 heteroatoms. The van der Waals surface area contributed by atoms with Gasteiger partial charge in [0.2, 0.25) is 0 Å². The van der Waals surface area contributed by atoms with E-state index in [4.69, 9.17) is 0 Å². The van der Waals surface area contributed by atoms with Crippen LogP contribution in [0.5, 0.6) is 0 Å². The summed E-state index contributed by atoms with van der Waals surface area (Å²) in [6.45, 7) is 0. The molecule has 48 heavy (non-hydrogen) atoms. The molecular formula is Cd48.